The zero-order valence-electron chi connectivity index (χ0n) is 8.33. The molecule has 0 radical (unpaired) electrons. The van der Waals surface area contributed by atoms with E-state index in [1.54, 1.807) is 11.3 Å². The van der Waals surface area contributed by atoms with Crippen LogP contribution in [0.15, 0.2) is 33.6 Å². The average Bonchev–Trinajstić information content (AvgIpc) is 2.69. The number of hydrogen-bond acceptors (Lipinski definition) is 3. The van der Waals surface area contributed by atoms with E-state index < -0.39 is 0 Å². The van der Waals surface area contributed by atoms with Crippen LogP contribution in [0.25, 0.3) is 0 Å². The molecule has 0 unspecified atom stereocenters. The van der Waals surface area contributed by atoms with Crippen LogP contribution in [0.5, 0.6) is 0 Å². The van der Waals surface area contributed by atoms with Crippen LogP contribution in [0.2, 0.25) is 0 Å². The second-order valence-corrected chi connectivity index (χ2v) is 4.84. The van der Waals surface area contributed by atoms with Crippen molar-refractivity contribution >= 4 is 33.0 Å². The van der Waals surface area contributed by atoms with Crippen LogP contribution in [0, 0.1) is 6.92 Å². The lowest BCUT2D eigenvalue weighted by atomic mass is 10.3. The third kappa shape index (κ3) is 2.79. The fourth-order valence-electron chi connectivity index (χ4n) is 1.31. The molecule has 0 amide bonds. The number of thiophene rings is 1. The molecule has 2 rings (SSSR count). The summed E-state index contributed by atoms with van der Waals surface area (Å²) in [4.78, 5) is 4.33. The minimum atomic E-state index is 0.855. The summed E-state index contributed by atoms with van der Waals surface area (Å²) in [5, 5.41) is 7.60. The fourth-order valence-corrected chi connectivity index (χ4v) is 2.37. The molecule has 2 aromatic rings. The Hall–Kier alpha value is -0.870. The van der Waals surface area contributed by atoms with E-state index in [1.807, 2.05) is 19.1 Å². The van der Waals surface area contributed by atoms with E-state index in [0.29, 0.717) is 0 Å². The number of pyridine rings is 1. The Bertz CT molecular complexity index is 440. The van der Waals surface area contributed by atoms with Crippen molar-refractivity contribution in [2.75, 3.05) is 5.32 Å². The number of nitrogens with one attached hydrogen (secondary N) is 1. The molecular formula is C11H11BrN2S. The van der Waals surface area contributed by atoms with Crippen molar-refractivity contribution in [3.05, 3.63) is 44.8 Å². The molecule has 0 aliphatic heterocycles. The predicted molar refractivity (Wildman–Crippen MR) is 68.3 cm³/mol. The number of hydrogen-bond donors (Lipinski definition) is 1. The van der Waals surface area contributed by atoms with Gasteiger partial charge in [-0.15, -0.1) is 0 Å². The Balaban J connectivity index is 2.05. The van der Waals surface area contributed by atoms with Gasteiger partial charge in [0.2, 0.25) is 0 Å². The maximum atomic E-state index is 4.33. The summed E-state index contributed by atoms with van der Waals surface area (Å²) >= 11 is 5.07. The van der Waals surface area contributed by atoms with Gasteiger partial charge in [-0.25, -0.2) is 4.98 Å². The molecule has 0 bridgehead atoms. The SMILES string of the molecule is Cc1nc(Br)ccc1NCc1ccsc1. The summed E-state index contributed by atoms with van der Waals surface area (Å²) < 4.78 is 0.876. The molecule has 4 heteroatoms. The zero-order valence-corrected chi connectivity index (χ0v) is 10.7. The lowest BCUT2D eigenvalue weighted by molar-refractivity contribution is 1.10. The molecule has 0 atom stereocenters. The molecule has 78 valence electrons. The molecule has 0 aliphatic carbocycles. The van der Waals surface area contributed by atoms with Gasteiger partial charge in [-0.3, -0.25) is 0 Å². The molecule has 15 heavy (non-hydrogen) atoms. The molecular weight excluding hydrogens is 272 g/mol. The third-order valence-electron chi connectivity index (χ3n) is 2.11. The Morgan fingerprint density at radius 2 is 2.27 bits per heavy atom. The van der Waals surface area contributed by atoms with Gasteiger partial charge in [0, 0.05) is 6.54 Å². The van der Waals surface area contributed by atoms with E-state index in [9.17, 15) is 0 Å². The summed E-state index contributed by atoms with van der Waals surface area (Å²) in [6.07, 6.45) is 0. The van der Waals surface area contributed by atoms with E-state index in [0.717, 1.165) is 22.5 Å². The number of rotatable bonds is 3. The number of halogens is 1. The Labute approximate surface area is 101 Å². The minimum absolute atomic E-state index is 0.855. The van der Waals surface area contributed by atoms with E-state index in [4.69, 9.17) is 0 Å². The maximum Gasteiger partial charge on any atom is 0.106 e. The van der Waals surface area contributed by atoms with E-state index >= 15 is 0 Å². The highest BCUT2D eigenvalue weighted by Gasteiger charge is 2.00. The quantitative estimate of drug-likeness (QED) is 0.866. The first kappa shape index (κ1) is 10.6. The number of anilines is 1. The highest BCUT2D eigenvalue weighted by molar-refractivity contribution is 9.10. The monoisotopic (exact) mass is 282 g/mol. The number of aryl methyl sites for hydroxylation is 1. The van der Waals surface area contributed by atoms with Gasteiger partial charge >= 0.3 is 0 Å². The van der Waals surface area contributed by atoms with Crippen molar-refractivity contribution in [1.29, 1.82) is 0 Å². The first-order valence-electron chi connectivity index (χ1n) is 4.64. The lowest BCUT2D eigenvalue weighted by Gasteiger charge is -2.07. The largest absolute Gasteiger partial charge is 0.379 e. The van der Waals surface area contributed by atoms with E-state index in [2.05, 4.69) is 43.1 Å². The van der Waals surface area contributed by atoms with E-state index in [-0.39, 0.29) is 0 Å². The van der Waals surface area contributed by atoms with Gasteiger partial charge in [0.25, 0.3) is 0 Å². The molecule has 0 spiro atoms. The molecule has 2 heterocycles. The predicted octanol–water partition coefficient (Wildman–Crippen LogP) is 3.83. The average molecular weight is 283 g/mol. The zero-order chi connectivity index (χ0) is 10.7. The van der Waals surface area contributed by atoms with Crippen LogP contribution in [0.4, 0.5) is 5.69 Å². The van der Waals surface area contributed by atoms with Crippen molar-refractivity contribution in [1.82, 2.24) is 4.98 Å². The van der Waals surface area contributed by atoms with Crippen LogP contribution in [0.3, 0.4) is 0 Å². The van der Waals surface area contributed by atoms with Crippen LogP contribution in [0.1, 0.15) is 11.3 Å². The molecule has 0 aromatic carbocycles. The van der Waals surface area contributed by atoms with Gasteiger partial charge in [0.1, 0.15) is 4.60 Å². The number of nitrogens with zero attached hydrogens (tertiary/aromatic N) is 1. The molecule has 0 aliphatic rings. The second-order valence-electron chi connectivity index (χ2n) is 3.25. The number of aromatic nitrogens is 1. The van der Waals surface area contributed by atoms with Gasteiger partial charge in [-0.05, 0) is 57.4 Å². The van der Waals surface area contributed by atoms with Crippen LogP contribution in [-0.2, 0) is 6.54 Å². The van der Waals surface area contributed by atoms with Gasteiger partial charge in [-0.2, -0.15) is 11.3 Å². The smallest absolute Gasteiger partial charge is 0.106 e. The van der Waals surface area contributed by atoms with Gasteiger partial charge in [-0.1, -0.05) is 0 Å². The van der Waals surface area contributed by atoms with Crippen LogP contribution < -0.4 is 5.32 Å². The molecule has 2 nitrogen and oxygen atoms in total. The van der Waals surface area contributed by atoms with Crippen molar-refractivity contribution in [2.45, 2.75) is 13.5 Å². The van der Waals surface area contributed by atoms with Gasteiger partial charge < -0.3 is 5.32 Å². The van der Waals surface area contributed by atoms with Gasteiger partial charge in [0.05, 0.1) is 11.4 Å². The molecule has 0 saturated heterocycles. The highest BCUT2D eigenvalue weighted by atomic mass is 79.9. The normalized spacial score (nSPS) is 10.3. The van der Waals surface area contributed by atoms with E-state index in [1.165, 1.54) is 5.56 Å². The first-order chi connectivity index (χ1) is 7.25. The summed E-state index contributed by atoms with van der Waals surface area (Å²) in [6, 6.07) is 6.11. The van der Waals surface area contributed by atoms with Crippen molar-refractivity contribution < 1.29 is 0 Å². The van der Waals surface area contributed by atoms with Crippen molar-refractivity contribution in [3.8, 4) is 0 Å². The van der Waals surface area contributed by atoms with Crippen LogP contribution in [-0.4, -0.2) is 4.98 Å². The lowest BCUT2D eigenvalue weighted by Crippen LogP contribution is -2.01. The topological polar surface area (TPSA) is 24.9 Å². The standard InChI is InChI=1S/C11H11BrN2S/c1-8-10(2-3-11(12)14-8)13-6-9-4-5-15-7-9/h2-5,7,13H,6H2,1H3. The highest BCUT2D eigenvalue weighted by Crippen LogP contribution is 2.17. The molecule has 0 saturated carbocycles. The summed E-state index contributed by atoms with van der Waals surface area (Å²) in [7, 11) is 0. The summed E-state index contributed by atoms with van der Waals surface area (Å²) in [5.41, 5.74) is 3.41. The Morgan fingerprint density at radius 3 is 2.93 bits per heavy atom. The molecule has 2 aromatic heterocycles. The van der Waals surface area contributed by atoms with Crippen LogP contribution >= 0.6 is 27.3 Å². The Kier molecular flexibility index (Phi) is 3.38. The summed E-state index contributed by atoms with van der Waals surface area (Å²) in [6.45, 7) is 2.86. The Morgan fingerprint density at radius 1 is 1.40 bits per heavy atom. The maximum absolute atomic E-state index is 4.33. The van der Waals surface area contributed by atoms with Crippen molar-refractivity contribution in [2.24, 2.45) is 0 Å². The molecule has 0 fully saturated rings. The second kappa shape index (κ2) is 4.77. The first-order valence-corrected chi connectivity index (χ1v) is 6.37. The fraction of sp³-hybridized carbons (Fsp3) is 0.182. The minimum Gasteiger partial charge on any atom is -0.379 e. The van der Waals surface area contributed by atoms with Crippen molar-refractivity contribution in [3.63, 3.8) is 0 Å². The third-order valence-corrected chi connectivity index (χ3v) is 3.29. The van der Waals surface area contributed by atoms with Gasteiger partial charge in [0.15, 0.2) is 0 Å². The summed E-state index contributed by atoms with van der Waals surface area (Å²) in [5.74, 6) is 0. The molecule has 1 N–H and O–H groups in total.